The summed E-state index contributed by atoms with van der Waals surface area (Å²) in [7, 11) is 7.78. The highest BCUT2D eigenvalue weighted by atomic mass is 79.9. The molecule has 5 aromatic rings. The molecule has 25 nitrogen and oxygen atoms in total. The van der Waals surface area contributed by atoms with E-state index in [0.717, 1.165) is 45.3 Å². The number of aliphatic hydroxyl groups is 1. The molecule has 30 heteroatoms. The molecular weight excluding hydrogens is 1660 g/mol. The predicted molar refractivity (Wildman–Crippen MR) is 390 cm³/mol. The first-order chi connectivity index (χ1) is 48.5. The fourth-order valence-corrected chi connectivity index (χ4v) is 12.2. The minimum Gasteiger partial charge on any atom is -0.497 e. The molecule has 8 rings (SSSR count). The van der Waals surface area contributed by atoms with E-state index in [9.17, 15) is 58.2 Å². The number of carboxylic acid groups (broad SMARTS) is 2. The molecule has 0 bridgehead atoms. The van der Waals surface area contributed by atoms with Crippen molar-refractivity contribution in [1.82, 2.24) is 0 Å². The minimum atomic E-state index is -1.47. The Labute approximate surface area is 633 Å². The van der Waals surface area contributed by atoms with Crippen LogP contribution in [-0.4, -0.2) is 164 Å². The van der Waals surface area contributed by atoms with E-state index >= 15 is 0 Å². The Hall–Kier alpha value is -7.90. The Balaban J connectivity index is 0.000000324. The number of carboxylic acids is 2. The van der Waals surface area contributed by atoms with Crippen molar-refractivity contribution in [1.29, 1.82) is 0 Å². The molecule has 0 aromatic heterocycles. The molecule has 5 atom stereocenters. The van der Waals surface area contributed by atoms with Crippen LogP contribution in [0.4, 0.5) is 0 Å². The van der Waals surface area contributed by atoms with E-state index < -0.39 is 75.9 Å². The third-order valence-corrected chi connectivity index (χ3v) is 19.1. The molecular formula is C72H83Br5O25. The van der Waals surface area contributed by atoms with Crippen molar-refractivity contribution in [2.45, 2.75) is 91.9 Å². The first-order valence-electron chi connectivity index (χ1n) is 31.6. The van der Waals surface area contributed by atoms with Gasteiger partial charge in [-0.2, -0.15) is 0 Å². The fraction of sp³-hybridized carbons (Fsp3) is 0.417. The van der Waals surface area contributed by atoms with Crippen molar-refractivity contribution in [2.24, 2.45) is 16.2 Å². The molecule has 0 saturated heterocycles. The monoisotopic (exact) mass is 1740 g/mol. The highest BCUT2D eigenvalue weighted by molar-refractivity contribution is 9.11. The first kappa shape index (κ1) is 88.3. The summed E-state index contributed by atoms with van der Waals surface area (Å²) in [5.41, 5.74) is -0.191. The highest BCUT2D eigenvalue weighted by Crippen LogP contribution is 2.64. The van der Waals surface area contributed by atoms with Crippen molar-refractivity contribution < 1.29 is 120 Å². The zero-order valence-corrected chi connectivity index (χ0v) is 66.2. The van der Waals surface area contributed by atoms with Crippen molar-refractivity contribution in [3.05, 3.63) is 147 Å². The molecule has 3 saturated carbocycles. The van der Waals surface area contributed by atoms with Crippen molar-refractivity contribution in [3.8, 4) is 28.7 Å². The number of ether oxygens (including phenoxy) is 12. The lowest BCUT2D eigenvalue weighted by Crippen LogP contribution is -2.31. The second kappa shape index (κ2) is 43.3. The Morgan fingerprint density at radius 2 is 0.725 bits per heavy atom. The van der Waals surface area contributed by atoms with Crippen LogP contribution in [0.2, 0.25) is 0 Å². The Morgan fingerprint density at radius 3 is 1.05 bits per heavy atom. The van der Waals surface area contributed by atoms with Gasteiger partial charge in [0.2, 0.25) is 0 Å². The molecule has 0 aliphatic heterocycles. The molecule has 0 spiro atoms. The maximum atomic E-state index is 12.3. The Kier molecular flexibility index (Phi) is 37.5. The number of hydrogen-bond acceptors (Lipinski definition) is 23. The van der Waals surface area contributed by atoms with Gasteiger partial charge >= 0.3 is 53.7 Å². The zero-order valence-electron chi connectivity index (χ0n) is 58.2. The number of halogens is 5. The molecule has 556 valence electrons. The van der Waals surface area contributed by atoms with E-state index in [4.69, 9.17) is 52.5 Å². The molecule has 0 amide bonds. The Morgan fingerprint density at radius 1 is 0.412 bits per heavy atom. The lowest BCUT2D eigenvalue weighted by Gasteiger charge is -2.15. The number of rotatable bonds is 27. The van der Waals surface area contributed by atoms with E-state index in [0.29, 0.717) is 52.7 Å². The Bertz CT molecular complexity index is 3710. The molecule has 5 aromatic carbocycles. The second-order valence-electron chi connectivity index (χ2n) is 21.6. The molecule has 3 aliphatic rings. The van der Waals surface area contributed by atoms with E-state index in [-0.39, 0.29) is 83.1 Å². The van der Waals surface area contributed by atoms with Gasteiger partial charge in [-0.05, 0) is 187 Å². The smallest absolute Gasteiger partial charge is 0.345 e. The van der Waals surface area contributed by atoms with Gasteiger partial charge in [0.25, 0.3) is 0 Å². The van der Waals surface area contributed by atoms with Gasteiger partial charge in [0.1, 0.15) is 40.7 Å². The molecule has 5 unspecified atom stereocenters. The molecule has 0 heterocycles. The summed E-state index contributed by atoms with van der Waals surface area (Å²) in [6, 6.07) is 26.7. The number of hydrogen-bond donors (Lipinski definition) is 3. The fourth-order valence-electron chi connectivity index (χ4n) is 9.89. The molecule has 3 N–H and O–H groups in total. The lowest BCUT2D eigenvalue weighted by atomic mass is 9.99. The SMILES string of the molecule is CCOC(=O)C(=Cc1cc(OC)ccc1Br)C(=O)OCC.CCOC(=O)C1(C(=O)O)CC1c1cc(OC)ccc1Br.CCOC(=O)C1(C(=O)OCC)CC1c1cc(OC)ccc1Br.CCOC(=O)CC(=O)OCC.COc1ccc(Br)c(C2CC2(CO)C(=O)O)c1.COc1ccc(Br)c(C=O)c1. The minimum absolute atomic E-state index is 0.158. The quantitative estimate of drug-likeness (QED) is 0.0110. The van der Waals surface area contributed by atoms with E-state index in [1.165, 1.54) is 20.3 Å². The van der Waals surface area contributed by atoms with Gasteiger partial charge in [-0.1, -0.05) is 79.6 Å². The average molecular weight is 1750 g/mol. The third-order valence-electron chi connectivity index (χ3n) is 15.5. The molecule has 102 heavy (non-hydrogen) atoms. The van der Waals surface area contributed by atoms with Crippen molar-refractivity contribution in [3.63, 3.8) is 0 Å². The maximum absolute atomic E-state index is 12.3. The van der Waals surface area contributed by atoms with Crippen LogP contribution in [0, 0.1) is 16.2 Å². The van der Waals surface area contributed by atoms with Gasteiger partial charge in [0.15, 0.2) is 17.1 Å². The summed E-state index contributed by atoms with van der Waals surface area (Å²) in [5, 5.41) is 27.8. The van der Waals surface area contributed by atoms with Gasteiger partial charge in [-0.3, -0.25) is 38.4 Å². The zero-order chi connectivity index (χ0) is 76.7. The van der Waals surface area contributed by atoms with Crippen molar-refractivity contribution in [2.75, 3.05) is 88.4 Å². The van der Waals surface area contributed by atoms with Crippen LogP contribution in [-0.2, 0) is 76.3 Å². The predicted octanol–water partition coefficient (Wildman–Crippen LogP) is 13.4. The van der Waals surface area contributed by atoms with Crippen LogP contribution in [0.3, 0.4) is 0 Å². The largest absolute Gasteiger partial charge is 0.497 e. The van der Waals surface area contributed by atoms with Crippen LogP contribution in [0.25, 0.3) is 6.08 Å². The van der Waals surface area contributed by atoms with Crippen LogP contribution < -0.4 is 23.7 Å². The summed E-state index contributed by atoms with van der Waals surface area (Å²) in [6.45, 7) is 13.0. The van der Waals surface area contributed by atoms with Crippen LogP contribution >= 0.6 is 79.6 Å². The average Bonchev–Trinajstić information content (AvgIpc) is 1.57. The number of benzene rings is 5. The van der Waals surface area contributed by atoms with Crippen LogP contribution in [0.1, 0.15) is 125 Å². The standard InChI is InChI=1S/C16H19BrO5.C15H17BrO5.C14H15BrO5.C12H13BrO4.C8H7BrO2.C7H12O4/c1-4-21-14(18)16(15(19)22-5-2)9-12(16)11-8-10(20-3)6-7-13(11)17;1-4-20-14(17)12(15(18)21-5-2)9-10-8-11(19-3)6-7-13(10)16;1-3-20-13(18)14(12(16)17)7-10(14)9-6-8(19-2)4-5-11(9)15;1-17-7-2-3-10(13)8(4-7)9-5-12(9,6-14)11(15)16;1-11-7-2-3-8(9)6(4-7)5-10;1-3-10-6(8)5-7(9)11-4-2/h6-8,12H,4-5,9H2,1-3H3;6-9H,4-5H2,1-3H3;4-6,10H,3,7H2,1-2H3,(H,16,17);2-4,9,14H,5-6H2,1H3,(H,15,16);2-5H,1H3;3-5H2,1-2H3. The van der Waals surface area contributed by atoms with E-state index in [1.807, 2.05) is 30.3 Å². The van der Waals surface area contributed by atoms with E-state index in [2.05, 4.69) is 89.1 Å². The summed E-state index contributed by atoms with van der Waals surface area (Å²) in [6.07, 6.45) is 3.00. The molecule has 3 aliphatic carbocycles. The van der Waals surface area contributed by atoms with E-state index in [1.54, 1.807) is 130 Å². The van der Waals surface area contributed by atoms with Gasteiger partial charge in [-0.25, -0.2) is 9.59 Å². The number of methoxy groups -OCH3 is 5. The van der Waals surface area contributed by atoms with Crippen LogP contribution in [0.15, 0.2) is 119 Å². The number of aldehydes is 1. The van der Waals surface area contributed by atoms with Gasteiger partial charge in [0.05, 0.1) is 93.8 Å². The van der Waals surface area contributed by atoms with Gasteiger partial charge < -0.3 is 72.2 Å². The molecule has 3 fully saturated rings. The van der Waals surface area contributed by atoms with Crippen LogP contribution in [0.5, 0.6) is 28.7 Å². The normalized spacial score (nSPS) is 17.1. The number of carbonyl (C=O) groups excluding carboxylic acids is 8. The van der Waals surface area contributed by atoms with Gasteiger partial charge in [0, 0.05) is 45.7 Å². The third kappa shape index (κ3) is 24.1. The number of aliphatic carboxylic acids is 2. The number of aliphatic hydroxyl groups excluding tert-OH is 1. The molecule has 0 radical (unpaired) electrons. The summed E-state index contributed by atoms with van der Waals surface area (Å²) >= 11 is 16.8. The maximum Gasteiger partial charge on any atom is 0.345 e. The summed E-state index contributed by atoms with van der Waals surface area (Å²) < 4.78 is 63.4. The van der Waals surface area contributed by atoms with Gasteiger partial charge in [-0.15, -0.1) is 0 Å². The number of esters is 7. The summed E-state index contributed by atoms with van der Waals surface area (Å²) in [4.78, 5) is 115. The summed E-state index contributed by atoms with van der Waals surface area (Å²) in [5.74, 6) is -3.85. The number of carbonyl (C=O) groups is 10. The van der Waals surface area contributed by atoms with Crippen molar-refractivity contribution >= 4 is 146 Å². The lowest BCUT2D eigenvalue weighted by molar-refractivity contribution is -0.165. The topological polar surface area (TPSA) is 342 Å². The second-order valence-corrected chi connectivity index (χ2v) is 25.9. The first-order valence-corrected chi connectivity index (χ1v) is 35.6. The highest BCUT2D eigenvalue weighted by Gasteiger charge is 2.70.